The second kappa shape index (κ2) is 8.34. The number of aromatic nitrogens is 2. The van der Waals surface area contributed by atoms with Crippen molar-refractivity contribution < 1.29 is 0 Å². The number of rotatable bonds is 8. The highest BCUT2D eigenvalue weighted by molar-refractivity contribution is 6.17. The number of hydrogen-bond acceptors (Lipinski definition) is 3. The second-order valence-corrected chi connectivity index (χ2v) is 4.20. The van der Waals surface area contributed by atoms with Gasteiger partial charge >= 0.3 is 0 Å². The minimum absolute atomic E-state index is 0.758. The molecule has 16 heavy (non-hydrogen) atoms. The molecule has 1 heterocycles. The summed E-state index contributed by atoms with van der Waals surface area (Å²) in [6, 6.07) is 2.03. The fourth-order valence-electron chi connectivity index (χ4n) is 1.50. The molecule has 0 fully saturated rings. The molecule has 0 saturated carbocycles. The van der Waals surface area contributed by atoms with Crippen LogP contribution in [-0.2, 0) is 6.42 Å². The van der Waals surface area contributed by atoms with Crippen LogP contribution in [0.2, 0.25) is 0 Å². The van der Waals surface area contributed by atoms with Gasteiger partial charge in [0.25, 0.3) is 0 Å². The summed E-state index contributed by atoms with van der Waals surface area (Å²) in [5.74, 6) is 1.69. The second-order valence-electron chi connectivity index (χ2n) is 3.82. The lowest BCUT2D eigenvalue weighted by atomic mass is 10.2. The smallest absolute Gasteiger partial charge is 0.129 e. The van der Waals surface area contributed by atoms with Crippen LogP contribution in [0.4, 0.5) is 5.82 Å². The van der Waals surface area contributed by atoms with E-state index >= 15 is 0 Å². The van der Waals surface area contributed by atoms with Gasteiger partial charge in [0.2, 0.25) is 0 Å². The van der Waals surface area contributed by atoms with Gasteiger partial charge in [-0.2, -0.15) is 0 Å². The first-order chi connectivity index (χ1) is 7.86. The van der Waals surface area contributed by atoms with E-state index in [1.54, 1.807) is 6.33 Å². The number of unbranched alkanes of at least 4 members (excludes halogenated alkanes) is 2. The lowest BCUT2D eigenvalue weighted by Gasteiger charge is -2.06. The van der Waals surface area contributed by atoms with E-state index in [0.29, 0.717) is 0 Å². The van der Waals surface area contributed by atoms with Crippen molar-refractivity contribution in [3.63, 3.8) is 0 Å². The topological polar surface area (TPSA) is 37.8 Å². The zero-order chi connectivity index (χ0) is 11.6. The molecule has 90 valence electrons. The number of anilines is 1. The van der Waals surface area contributed by atoms with Gasteiger partial charge in [-0.05, 0) is 19.3 Å². The number of nitrogens with one attached hydrogen (secondary N) is 1. The SMILES string of the molecule is CCCc1cc(NCCCCCCl)ncn1. The van der Waals surface area contributed by atoms with Crippen molar-refractivity contribution in [3.05, 3.63) is 18.1 Å². The number of nitrogens with zero attached hydrogens (tertiary/aromatic N) is 2. The Morgan fingerprint density at radius 2 is 2.12 bits per heavy atom. The van der Waals surface area contributed by atoms with Gasteiger partial charge in [-0.25, -0.2) is 9.97 Å². The van der Waals surface area contributed by atoms with Crippen LogP contribution in [0.3, 0.4) is 0 Å². The highest BCUT2D eigenvalue weighted by Gasteiger charge is 1.97. The van der Waals surface area contributed by atoms with Gasteiger partial charge in [0, 0.05) is 24.2 Å². The molecule has 3 nitrogen and oxygen atoms in total. The van der Waals surface area contributed by atoms with Crippen molar-refractivity contribution >= 4 is 17.4 Å². The van der Waals surface area contributed by atoms with Crippen molar-refractivity contribution in [2.24, 2.45) is 0 Å². The molecule has 0 unspecified atom stereocenters. The Bertz CT molecular complexity index is 291. The first kappa shape index (κ1) is 13.2. The van der Waals surface area contributed by atoms with Gasteiger partial charge < -0.3 is 5.32 Å². The summed E-state index contributed by atoms with van der Waals surface area (Å²) < 4.78 is 0. The zero-order valence-electron chi connectivity index (χ0n) is 9.88. The summed E-state index contributed by atoms with van der Waals surface area (Å²) in [6.07, 6.45) is 7.17. The van der Waals surface area contributed by atoms with Crippen LogP contribution in [0.25, 0.3) is 0 Å². The average Bonchev–Trinajstić information content (AvgIpc) is 2.30. The number of alkyl halides is 1. The Morgan fingerprint density at radius 1 is 1.25 bits per heavy atom. The first-order valence-corrected chi connectivity index (χ1v) is 6.51. The Balaban J connectivity index is 2.27. The molecule has 0 aliphatic carbocycles. The summed E-state index contributed by atoms with van der Waals surface area (Å²) in [4.78, 5) is 8.41. The molecule has 0 aliphatic heterocycles. The fourth-order valence-corrected chi connectivity index (χ4v) is 1.69. The average molecular weight is 242 g/mol. The molecule has 0 saturated heterocycles. The fraction of sp³-hybridized carbons (Fsp3) is 0.667. The summed E-state index contributed by atoms with van der Waals surface area (Å²) in [5, 5.41) is 3.31. The maximum absolute atomic E-state index is 5.61. The molecule has 1 aromatic rings. The Kier molecular flexibility index (Phi) is 6.90. The van der Waals surface area contributed by atoms with Gasteiger partial charge in [0.15, 0.2) is 0 Å². The van der Waals surface area contributed by atoms with Gasteiger partial charge in [-0.3, -0.25) is 0 Å². The molecule has 1 rings (SSSR count). The van der Waals surface area contributed by atoms with E-state index in [-0.39, 0.29) is 0 Å². The van der Waals surface area contributed by atoms with E-state index in [0.717, 1.165) is 49.6 Å². The maximum atomic E-state index is 5.61. The van der Waals surface area contributed by atoms with Crippen LogP contribution < -0.4 is 5.32 Å². The summed E-state index contributed by atoms with van der Waals surface area (Å²) in [7, 11) is 0. The van der Waals surface area contributed by atoms with Crippen LogP contribution in [0.15, 0.2) is 12.4 Å². The third-order valence-corrected chi connectivity index (χ3v) is 2.61. The maximum Gasteiger partial charge on any atom is 0.129 e. The molecule has 0 aliphatic rings. The summed E-state index contributed by atoms with van der Waals surface area (Å²) >= 11 is 5.61. The van der Waals surface area contributed by atoms with E-state index in [4.69, 9.17) is 11.6 Å². The highest BCUT2D eigenvalue weighted by atomic mass is 35.5. The number of aryl methyl sites for hydroxylation is 1. The minimum Gasteiger partial charge on any atom is -0.370 e. The van der Waals surface area contributed by atoms with E-state index in [2.05, 4.69) is 22.2 Å². The van der Waals surface area contributed by atoms with Crippen LogP contribution in [0.1, 0.15) is 38.3 Å². The van der Waals surface area contributed by atoms with Crippen molar-refractivity contribution in [1.82, 2.24) is 9.97 Å². The van der Waals surface area contributed by atoms with Gasteiger partial charge in [-0.1, -0.05) is 19.8 Å². The molecule has 1 N–H and O–H groups in total. The molecule has 0 amide bonds. The normalized spacial score (nSPS) is 10.4. The first-order valence-electron chi connectivity index (χ1n) is 5.97. The molecule has 0 radical (unpaired) electrons. The lowest BCUT2D eigenvalue weighted by molar-refractivity contribution is 0.745. The third kappa shape index (κ3) is 5.31. The van der Waals surface area contributed by atoms with Crippen LogP contribution in [-0.4, -0.2) is 22.4 Å². The highest BCUT2D eigenvalue weighted by Crippen LogP contribution is 2.06. The molecule has 0 bridgehead atoms. The van der Waals surface area contributed by atoms with Gasteiger partial charge in [0.05, 0.1) is 0 Å². The van der Waals surface area contributed by atoms with Crippen LogP contribution in [0.5, 0.6) is 0 Å². The monoisotopic (exact) mass is 241 g/mol. The Labute approximate surface area is 103 Å². The van der Waals surface area contributed by atoms with Crippen LogP contribution >= 0.6 is 11.6 Å². The standard InChI is InChI=1S/C12H20ClN3/c1-2-6-11-9-12(16-10-15-11)14-8-5-3-4-7-13/h9-10H,2-8H2,1H3,(H,14,15,16). The van der Waals surface area contributed by atoms with Crippen molar-refractivity contribution in [2.75, 3.05) is 17.7 Å². The lowest BCUT2D eigenvalue weighted by Crippen LogP contribution is -2.04. The molecule has 4 heteroatoms. The van der Waals surface area contributed by atoms with Crippen LogP contribution in [0, 0.1) is 0 Å². The Morgan fingerprint density at radius 3 is 2.88 bits per heavy atom. The van der Waals surface area contributed by atoms with Gasteiger partial charge in [-0.15, -0.1) is 11.6 Å². The third-order valence-electron chi connectivity index (χ3n) is 2.35. The molecule has 0 aromatic carbocycles. The summed E-state index contributed by atoms with van der Waals surface area (Å²) in [5.41, 5.74) is 1.11. The number of hydrogen-bond donors (Lipinski definition) is 1. The predicted molar refractivity (Wildman–Crippen MR) is 69.1 cm³/mol. The van der Waals surface area contributed by atoms with E-state index in [9.17, 15) is 0 Å². The number of halogens is 1. The summed E-state index contributed by atoms with van der Waals surface area (Å²) in [6.45, 7) is 3.11. The minimum atomic E-state index is 0.758. The largest absolute Gasteiger partial charge is 0.370 e. The molecule has 1 aromatic heterocycles. The molecular weight excluding hydrogens is 222 g/mol. The van der Waals surface area contributed by atoms with Crippen molar-refractivity contribution in [3.8, 4) is 0 Å². The molecular formula is C12H20ClN3. The predicted octanol–water partition coefficient (Wildman–Crippen LogP) is 3.25. The van der Waals surface area contributed by atoms with E-state index < -0.39 is 0 Å². The quantitative estimate of drug-likeness (QED) is 0.561. The molecule has 0 spiro atoms. The van der Waals surface area contributed by atoms with E-state index in [1.807, 2.05) is 6.07 Å². The Hall–Kier alpha value is -0.830. The van der Waals surface area contributed by atoms with Crippen molar-refractivity contribution in [1.29, 1.82) is 0 Å². The zero-order valence-corrected chi connectivity index (χ0v) is 10.6. The van der Waals surface area contributed by atoms with Gasteiger partial charge in [0.1, 0.15) is 12.1 Å². The molecule has 0 atom stereocenters. The van der Waals surface area contributed by atoms with E-state index in [1.165, 1.54) is 6.42 Å². The van der Waals surface area contributed by atoms with Crippen molar-refractivity contribution in [2.45, 2.75) is 39.0 Å².